The van der Waals surface area contributed by atoms with E-state index in [1.165, 1.54) is 7.11 Å². The number of sulfonamides is 2. The Bertz CT molecular complexity index is 1360. The lowest BCUT2D eigenvalue weighted by Crippen LogP contribution is -2.26. The number of hydrogen-bond acceptors (Lipinski definition) is 5. The Hall–Kier alpha value is -1.26. The number of halogens is 2. The lowest BCUT2D eigenvalue weighted by molar-refractivity contribution is 0.410. The van der Waals surface area contributed by atoms with Crippen LogP contribution in [0.1, 0.15) is 22.3 Å². The summed E-state index contributed by atoms with van der Waals surface area (Å²) in [6.45, 7) is 0.344. The number of ether oxygens (including phenoxy) is 1. The van der Waals surface area contributed by atoms with Gasteiger partial charge < -0.3 is 4.74 Å². The van der Waals surface area contributed by atoms with Crippen molar-refractivity contribution in [1.82, 2.24) is 9.44 Å². The molecule has 3 rings (SSSR count). The molecule has 0 unspecified atom stereocenters. The fourth-order valence-electron chi connectivity index (χ4n) is 3.24. The highest BCUT2D eigenvalue weighted by atomic mass is 127. The van der Waals surface area contributed by atoms with Gasteiger partial charge in [-0.05, 0) is 98.3 Å². The van der Waals surface area contributed by atoms with E-state index >= 15 is 0 Å². The van der Waals surface area contributed by atoms with E-state index in [1.807, 2.05) is 48.5 Å². The molecule has 0 aliphatic carbocycles. The van der Waals surface area contributed by atoms with Gasteiger partial charge in [-0.1, -0.05) is 30.3 Å². The summed E-state index contributed by atoms with van der Waals surface area (Å²) in [5.41, 5.74) is 2.57. The average Bonchev–Trinajstić information content (AvgIpc) is 2.76. The van der Waals surface area contributed by atoms with Crippen LogP contribution in [0, 0.1) is 7.14 Å². The molecule has 0 amide bonds. The minimum atomic E-state index is -3.69. The quantitative estimate of drug-likeness (QED) is 0.290. The number of rotatable bonds is 11. The van der Waals surface area contributed by atoms with E-state index in [0.29, 0.717) is 16.9 Å². The molecule has 0 radical (unpaired) electrons. The lowest BCUT2D eigenvalue weighted by Gasteiger charge is -2.13. The molecule has 0 fully saturated rings. The maximum absolute atomic E-state index is 12.7. The number of benzene rings is 3. The second kappa shape index (κ2) is 12.1. The fraction of sp³-hybridized carbons (Fsp3) is 0.217. The second-order valence-electron chi connectivity index (χ2n) is 7.57. The van der Waals surface area contributed by atoms with Crippen LogP contribution in [-0.4, -0.2) is 23.9 Å². The molecule has 3 aromatic rings. The summed E-state index contributed by atoms with van der Waals surface area (Å²) in [7, 11) is -5.87. The molecule has 34 heavy (non-hydrogen) atoms. The predicted molar refractivity (Wildman–Crippen MR) is 150 cm³/mol. The Labute approximate surface area is 228 Å². The lowest BCUT2D eigenvalue weighted by atomic mass is 10.1. The van der Waals surface area contributed by atoms with Gasteiger partial charge in [0.1, 0.15) is 5.75 Å². The molecule has 7 nitrogen and oxygen atoms in total. The molecule has 2 N–H and O–H groups in total. The van der Waals surface area contributed by atoms with E-state index < -0.39 is 20.0 Å². The van der Waals surface area contributed by atoms with Crippen LogP contribution in [0.3, 0.4) is 0 Å². The highest BCUT2D eigenvalue weighted by Gasteiger charge is 2.18. The van der Waals surface area contributed by atoms with E-state index in [4.69, 9.17) is 4.74 Å². The summed E-state index contributed by atoms with van der Waals surface area (Å²) in [5.74, 6) is -0.221. The van der Waals surface area contributed by atoms with Gasteiger partial charge in [0.2, 0.25) is 20.0 Å². The third-order valence-corrected chi connectivity index (χ3v) is 8.73. The molecule has 0 atom stereocenters. The normalized spacial score (nSPS) is 12.0. The molecule has 0 aliphatic rings. The van der Waals surface area contributed by atoms with Crippen LogP contribution in [-0.2, 0) is 44.6 Å². The van der Waals surface area contributed by atoms with Crippen molar-refractivity contribution >= 4 is 65.2 Å². The van der Waals surface area contributed by atoms with Crippen molar-refractivity contribution in [2.45, 2.75) is 24.6 Å². The van der Waals surface area contributed by atoms with Crippen LogP contribution < -0.4 is 14.2 Å². The van der Waals surface area contributed by atoms with Gasteiger partial charge >= 0.3 is 0 Å². The zero-order chi connectivity index (χ0) is 24.8. The van der Waals surface area contributed by atoms with Crippen LogP contribution in [0.25, 0.3) is 0 Å². The molecule has 182 valence electrons. The maximum atomic E-state index is 12.7. The van der Waals surface area contributed by atoms with E-state index in [2.05, 4.69) is 54.6 Å². The number of hydrogen-bond donors (Lipinski definition) is 2. The summed E-state index contributed by atoms with van der Waals surface area (Å²) >= 11 is 4.34. The van der Waals surface area contributed by atoms with Crippen LogP contribution in [0.2, 0.25) is 0 Å². The van der Waals surface area contributed by atoms with E-state index in [9.17, 15) is 16.8 Å². The van der Waals surface area contributed by atoms with E-state index in [1.54, 1.807) is 18.2 Å². The molecule has 3 aromatic carbocycles. The van der Waals surface area contributed by atoms with Gasteiger partial charge in [-0.3, -0.25) is 0 Å². The zero-order valence-corrected chi connectivity index (χ0v) is 24.2. The Kier molecular flexibility index (Phi) is 9.74. The number of nitrogens with one attached hydrogen (secondary N) is 2. The molecule has 11 heteroatoms. The Morgan fingerprint density at radius 1 is 0.706 bits per heavy atom. The number of methoxy groups -OCH3 is 1. The zero-order valence-electron chi connectivity index (χ0n) is 18.3. The van der Waals surface area contributed by atoms with Crippen LogP contribution in [0.5, 0.6) is 5.75 Å². The van der Waals surface area contributed by atoms with Gasteiger partial charge in [0.05, 0.1) is 18.6 Å². The van der Waals surface area contributed by atoms with Crippen molar-refractivity contribution in [3.05, 3.63) is 96.1 Å². The predicted octanol–water partition coefficient (Wildman–Crippen LogP) is 4.14. The molecule has 0 saturated carbocycles. The molecule has 0 spiro atoms. The third kappa shape index (κ3) is 8.75. The topological polar surface area (TPSA) is 102 Å². The minimum Gasteiger partial charge on any atom is -0.496 e. The highest BCUT2D eigenvalue weighted by Crippen LogP contribution is 2.23. The first-order valence-electron chi connectivity index (χ1n) is 10.1. The van der Waals surface area contributed by atoms with Crippen LogP contribution in [0.4, 0.5) is 0 Å². The summed E-state index contributed by atoms with van der Waals surface area (Å²) in [6, 6.07) is 19.9. The molecular formula is C23H24I2N2O5S2. The first-order chi connectivity index (χ1) is 16.0. The summed E-state index contributed by atoms with van der Waals surface area (Å²) in [6.07, 6.45) is 0. The SMILES string of the molecule is COc1ccc(CS(=O)(=O)NCc2cccc(I)c2)cc1CS(=O)(=O)NCc1cccc(I)c1. The van der Waals surface area contributed by atoms with Gasteiger partial charge in [-0.15, -0.1) is 0 Å². The molecule has 0 aliphatic heterocycles. The smallest absolute Gasteiger partial charge is 0.216 e. The summed E-state index contributed by atoms with van der Waals surface area (Å²) in [5, 5.41) is 0. The standard InChI is InChI=1S/C23H24I2N2O5S2/c1-32-23-9-8-19(15-33(28,29)26-13-17-4-2-6-21(24)11-17)10-20(23)16-34(30,31)27-14-18-5-3-7-22(25)12-18/h2-12,26-27H,13-16H2,1H3. The molecular weight excluding hydrogens is 702 g/mol. The van der Waals surface area contributed by atoms with E-state index in [-0.39, 0.29) is 24.6 Å². The molecule has 0 aromatic heterocycles. The van der Waals surface area contributed by atoms with Crippen LogP contribution in [0.15, 0.2) is 66.7 Å². The van der Waals surface area contributed by atoms with Crippen molar-refractivity contribution in [3.8, 4) is 5.75 Å². The van der Waals surface area contributed by atoms with Gasteiger partial charge in [0.15, 0.2) is 0 Å². The van der Waals surface area contributed by atoms with E-state index in [0.717, 1.165) is 18.3 Å². The minimum absolute atomic E-state index is 0.165. The van der Waals surface area contributed by atoms with Crippen molar-refractivity contribution in [1.29, 1.82) is 0 Å². The van der Waals surface area contributed by atoms with Gasteiger partial charge in [0, 0.05) is 25.8 Å². The molecule has 0 heterocycles. The molecule has 0 bridgehead atoms. The van der Waals surface area contributed by atoms with Crippen molar-refractivity contribution in [2.24, 2.45) is 0 Å². The maximum Gasteiger partial charge on any atom is 0.216 e. The Balaban J connectivity index is 1.69. The van der Waals surface area contributed by atoms with Crippen molar-refractivity contribution < 1.29 is 21.6 Å². The second-order valence-corrected chi connectivity index (χ2v) is 13.7. The van der Waals surface area contributed by atoms with Gasteiger partial charge in [0.25, 0.3) is 0 Å². The van der Waals surface area contributed by atoms with Gasteiger partial charge in [-0.25, -0.2) is 26.3 Å². The first kappa shape index (κ1) is 27.3. The molecule has 0 saturated heterocycles. The summed E-state index contributed by atoms with van der Waals surface area (Å²) in [4.78, 5) is 0. The Morgan fingerprint density at radius 3 is 1.74 bits per heavy atom. The van der Waals surface area contributed by atoms with Crippen molar-refractivity contribution in [3.63, 3.8) is 0 Å². The average molecular weight is 726 g/mol. The van der Waals surface area contributed by atoms with Crippen LogP contribution >= 0.6 is 45.2 Å². The van der Waals surface area contributed by atoms with Crippen molar-refractivity contribution in [2.75, 3.05) is 7.11 Å². The highest BCUT2D eigenvalue weighted by molar-refractivity contribution is 14.1. The summed E-state index contributed by atoms with van der Waals surface area (Å²) < 4.78 is 63.2. The first-order valence-corrected chi connectivity index (χ1v) is 15.6. The largest absolute Gasteiger partial charge is 0.496 e. The Morgan fingerprint density at radius 2 is 1.24 bits per heavy atom. The monoisotopic (exact) mass is 726 g/mol. The fourth-order valence-corrected chi connectivity index (χ4v) is 6.69. The third-order valence-electron chi connectivity index (χ3n) is 4.82. The van der Waals surface area contributed by atoms with Gasteiger partial charge in [-0.2, -0.15) is 0 Å².